The highest BCUT2D eigenvalue weighted by Crippen LogP contribution is 2.12. The van der Waals surface area contributed by atoms with E-state index in [0.717, 1.165) is 10.9 Å². The predicted octanol–water partition coefficient (Wildman–Crippen LogP) is 3.02. The molecule has 146 valence electrons. The van der Waals surface area contributed by atoms with E-state index in [0.29, 0.717) is 6.17 Å². The molecule has 3 heteroatoms. The summed E-state index contributed by atoms with van der Waals surface area (Å²) < 4.78 is 0.878. The molecule has 0 rings (SSSR count). The van der Waals surface area contributed by atoms with Crippen LogP contribution in [0.25, 0.3) is 0 Å². The number of halogens is 1. The quantitative estimate of drug-likeness (QED) is 0.195. The molecule has 0 heterocycles. The predicted molar refractivity (Wildman–Crippen MR) is 105 cm³/mol. The number of allylic oxidation sites excluding steroid dienone is 2. The number of rotatable bonds is 16. The van der Waals surface area contributed by atoms with Gasteiger partial charge in [-0.25, -0.2) is 0 Å². The minimum atomic E-state index is 0. The van der Waals surface area contributed by atoms with Gasteiger partial charge in [0.2, 0.25) is 0 Å². The van der Waals surface area contributed by atoms with Crippen molar-refractivity contribution < 1.29 is 16.9 Å². The van der Waals surface area contributed by atoms with Crippen LogP contribution in [-0.2, 0) is 0 Å². The van der Waals surface area contributed by atoms with Gasteiger partial charge in [-0.1, -0.05) is 70.4 Å². The Morgan fingerprint density at radius 3 is 1.58 bits per heavy atom. The first kappa shape index (κ1) is 26.2. The molecule has 0 aliphatic heterocycles. The van der Waals surface area contributed by atoms with Crippen LogP contribution in [0.1, 0.15) is 96.8 Å². The van der Waals surface area contributed by atoms with E-state index in [9.17, 15) is 0 Å². The Labute approximate surface area is 159 Å². The molecule has 0 saturated carbocycles. The molecule has 0 saturated heterocycles. The van der Waals surface area contributed by atoms with Crippen LogP contribution in [0.5, 0.6) is 0 Å². The van der Waals surface area contributed by atoms with Crippen LogP contribution in [-0.4, -0.2) is 31.8 Å². The zero-order chi connectivity index (χ0) is 17.4. The average molecular weight is 361 g/mol. The average Bonchev–Trinajstić information content (AvgIpc) is 2.50. The smallest absolute Gasteiger partial charge is 0.139 e. The number of quaternary nitrogens is 1. The molecule has 0 fully saturated rings. The van der Waals surface area contributed by atoms with Crippen LogP contribution in [0.2, 0.25) is 0 Å². The molecule has 0 amide bonds. The van der Waals surface area contributed by atoms with Gasteiger partial charge in [0, 0.05) is 6.42 Å². The number of unbranched alkanes of at least 4 members (excludes halogenated alkanes) is 11. The molecule has 24 heavy (non-hydrogen) atoms. The van der Waals surface area contributed by atoms with Crippen molar-refractivity contribution in [2.24, 2.45) is 5.73 Å². The number of nitrogens with zero attached hydrogens (tertiary/aromatic N) is 1. The highest BCUT2D eigenvalue weighted by Gasteiger charge is 2.17. The van der Waals surface area contributed by atoms with Gasteiger partial charge in [0.1, 0.15) is 6.17 Å². The summed E-state index contributed by atoms with van der Waals surface area (Å²) in [4.78, 5) is 0. The van der Waals surface area contributed by atoms with Gasteiger partial charge >= 0.3 is 0 Å². The van der Waals surface area contributed by atoms with Gasteiger partial charge in [-0.2, -0.15) is 0 Å². The monoisotopic (exact) mass is 360 g/mol. The molecule has 0 spiro atoms. The third kappa shape index (κ3) is 18.3. The molecule has 1 unspecified atom stereocenters. The summed E-state index contributed by atoms with van der Waals surface area (Å²) in [6.07, 6.45) is 24.0. The second-order valence-electron chi connectivity index (χ2n) is 8.06. The molecule has 2 N–H and O–H groups in total. The Hall–Kier alpha value is -0.0500. The van der Waals surface area contributed by atoms with Gasteiger partial charge < -0.3 is 16.9 Å². The van der Waals surface area contributed by atoms with Crippen molar-refractivity contribution in [2.45, 2.75) is 103 Å². The van der Waals surface area contributed by atoms with Gasteiger partial charge in [0.15, 0.2) is 0 Å². The SMILES string of the molecule is CCCCCCCC/C=C\CCCCCCCC(N)[N+](C)(C)C.[Cl-]. The highest BCUT2D eigenvalue weighted by atomic mass is 35.5. The summed E-state index contributed by atoms with van der Waals surface area (Å²) in [5.74, 6) is 0. The van der Waals surface area contributed by atoms with Gasteiger partial charge in [-0.3, -0.25) is 5.73 Å². The topological polar surface area (TPSA) is 26.0 Å². The van der Waals surface area contributed by atoms with E-state index in [-0.39, 0.29) is 12.4 Å². The second-order valence-corrected chi connectivity index (χ2v) is 8.06. The van der Waals surface area contributed by atoms with Crippen molar-refractivity contribution in [1.82, 2.24) is 0 Å². The van der Waals surface area contributed by atoms with Crippen LogP contribution in [0.4, 0.5) is 0 Å². The fraction of sp³-hybridized carbons (Fsp3) is 0.905. The van der Waals surface area contributed by atoms with E-state index >= 15 is 0 Å². The molecule has 0 aliphatic rings. The zero-order valence-electron chi connectivity index (χ0n) is 17.0. The van der Waals surface area contributed by atoms with E-state index in [4.69, 9.17) is 5.73 Å². The molecule has 0 aliphatic carbocycles. The maximum absolute atomic E-state index is 6.17. The van der Waals surface area contributed by atoms with E-state index in [1.54, 1.807) is 0 Å². The van der Waals surface area contributed by atoms with E-state index in [2.05, 4.69) is 40.2 Å². The third-order valence-electron chi connectivity index (χ3n) is 4.76. The number of nitrogens with two attached hydrogens (primary N) is 1. The summed E-state index contributed by atoms with van der Waals surface area (Å²) in [6, 6.07) is 0. The third-order valence-corrected chi connectivity index (χ3v) is 4.76. The van der Waals surface area contributed by atoms with Crippen molar-refractivity contribution in [1.29, 1.82) is 0 Å². The first-order valence-electron chi connectivity index (χ1n) is 10.2. The maximum Gasteiger partial charge on any atom is 0.139 e. The lowest BCUT2D eigenvalue weighted by Crippen LogP contribution is -3.00. The van der Waals surface area contributed by atoms with Crippen LogP contribution < -0.4 is 18.1 Å². The lowest BCUT2D eigenvalue weighted by atomic mass is 10.1. The summed E-state index contributed by atoms with van der Waals surface area (Å²) in [5.41, 5.74) is 6.17. The molecule has 2 nitrogen and oxygen atoms in total. The first-order valence-corrected chi connectivity index (χ1v) is 10.2. The fourth-order valence-electron chi connectivity index (χ4n) is 2.81. The van der Waals surface area contributed by atoms with Gasteiger partial charge in [0.05, 0.1) is 21.1 Å². The minimum Gasteiger partial charge on any atom is -1.00 e. The molecule has 0 aromatic carbocycles. The van der Waals surface area contributed by atoms with Crippen LogP contribution >= 0.6 is 0 Å². The lowest BCUT2D eigenvalue weighted by Gasteiger charge is -2.31. The molecular weight excluding hydrogens is 316 g/mol. The van der Waals surface area contributed by atoms with Crippen molar-refractivity contribution >= 4 is 0 Å². The van der Waals surface area contributed by atoms with Crippen LogP contribution in [0, 0.1) is 0 Å². The number of hydrogen-bond acceptors (Lipinski definition) is 1. The van der Waals surface area contributed by atoms with E-state index < -0.39 is 0 Å². The molecule has 1 atom stereocenters. The Bertz CT molecular complexity index is 272. The summed E-state index contributed by atoms with van der Waals surface area (Å²) >= 11 is 0. The van der Waals surface area contributed by atoms with Gasteiger partial charge in [0.25, 0.3) is 0 Å². The Kier molecular flexibility index (Phi) is 19.4. The summed E-state index contributed by atoms with van der Waals surface area (Å²) in [7, 11) is 6.55. The van der Waals surface area contributed by atoms with Crippen LogP contribution in [0.3, 0.4) is 0 Å². The minimum absolute atomic E-state index is 0. The Morgan fingerprint density at radius 2 is 1.12 bits per heavy atom. The first-order chi connectivity index (χ1) is 11.0. The summed E-state index contributed by atoms with van der Waals surface area (Å²) in [6.45, 7) is 2.28. The van der Waals surface area contributed by atoms with Gasteiger partial charge in [-0.15, -0.1) is 0 Å². The van der Waals surface area contributed by atoms with Crippen molar-refractivity contribution in [3.05, 3.63) is 12.2 Å². The molecule has 0 aromatic heterocycles. The summed E-state index contributed by atoms with van der Waals surface area (Å²) in [5, 5.41) is 0. The fourth-order valence-corrected chi connectivity index (χ4v) is 2.81. The number of hydrogen-bond donors (Lipinski definition) is 1. The highest BCUT2D eigenvalue weighted by molar-refractivity contribution is 4.81. The Balaban J connectivity index is 0. The van der Waals surface area contributed by atoms with Crippen molar-refractivity contribution in [2.75, 3.05) is 21.1 Å². The molecular formula is C21H45ClN2. The largest absolute Gasteiger partial charge is 1.00 e. The maximum atomic E-state index is 6.17. The van der Waals surface area contributed by atoms with Gasteiger partial charge in [-0.05, 0) is 32.1 Å². The van der Waals surface area contributed by atoms with Crippen molar-refractivity contribution in [3.8, 4) is 0 Å². The van der Waals surface area contributed by atoms with Crippen molar-refractivity contribution in [3.63, 3.8) is 0 Å². The van der Waals surface area contributed by atoms with E-state index in [1.807, 2.05) is 0 Å². The molecule has 0 bridgehead atoms. The Morgan fingerprint density at radius 1 is 0.708 bits per heavy atom. The molecule has 0 aromatic rings. The zero-order valence-corrected chi connectivity index (χ0v) is 17.8. The molecule has 0 radical (unpaired) electrons. The normalized spacial score (nSPS) is 13.2. The second kappa shape index (κ2) is 17.8. The standard InChI is InChI=1S/C21H45N2.ClH/c1-5-6-7-8-9-10-11-12-13-14-15-16-17-18-19-20-21(22)23(2,3)4;/h12-13,21H,5-11,14-20,22H2,1-4H3;1H/q+1;/p-1/b13-12-;. The van der Waals surface area contributed by atoms with Crippen LogP contribution in [0.15, 0.2) is 12.2 Å². The lowest BCUT2D eigenvalue weighted by molar-refractivity contribution is -0.896. The van der Waals surface area contributed by atoms with E-state index in [1.165, 1.54) is 83.5 Å².